The van der Waals surface area contributed by atoms with Crippen LogP contribution >= 0.6 is 11.6 Å². The number of hydrogen-bond donors (Lipinski definition) is 1. The Kier molecular flexibility index (Phi) is 3.76. The van der Waals surface area contributed by atoms with Crippen LogP contribution in [0.2, 0.25) is 5.02 Å². The van der Waals surface area contributed by atoms with Gasteiger partial charge in [0.05, 0.1) is 0 Å². The molecule has 2 rings (SSSR count). The first kappa shape index (κ1) is 12.9. The van der Waals surface area contributed by atoms with E-state index in [1.54, 1.807) is 0 Å². The van der Waals surface area contributed by atoms with E-state index in [4.69, 9.17) is 11.6 Å². The summed E-state index contributed by atoms with van der Waals surface area (Å²) in [7, 11) is 0. The SMILES string of the molecule is Cc1ccc(CN2CC[C@](C)(CO)C2)cc1Cl. The Morgan fingerprint density at radius 1 is 1.47 bits per heavy atom. The molecule has 1 aromatic rings. The molecule has 0 amide bonds. The molecular formula is C14H20ClNO. The van der Waals surface area contributed by atoms with Gasteiger partial charge in [0.25, 0.3) is 0 Å². The highest BCUT2D eigenvalue weighted by Gasteiger charge is 2.32. The number of hydrogen-bond acceptors (Lipinski definition) is 2. The van der Waals surface area contributed by atoms with Crippen LogP contribution in [0.25, 0.3) is 0 Å². The van der Waals surface area contributed by atoms with E-state index in [0.29, 0.717) is 0 Å². The van der Waals surface area contributed by atoms with E-state index in [1.165, 1.54) is 5.56 Å². The van der Waals surface area contributed by atoms with E-state index in [2.05, 4.69) is 24.0 Å². The molecule has 2 nitrogen and oxygen atoms in total. The van der Waals surface area contributed by atoms with Crippen molar-refractivity contribution in [2.24, 2.45) is 5.41 Å². The van der Waals surface area contributed by atoms with Gasteiger partial charge in [-0.15, -0.1) is 0 Å². The fraction of sp³-hybridized carbons (Fsp3) is 0.571. The highest BCUT2D eigenvalue weighted by Crippen LogP contribution is 2.30. The Balaban J connectivity index is 2.00. The topological polar surface area (TPSA) is 23.5 Å². The van der Waals surface area contributed by atoms with E-state index in [-0.39, 0.29) is 12.0 Å². The summed E-state index contributed by atoms with van der Waals surface area (Å²) in [5.41, 5.74) is 2.45. The first-order valence-electron chi connectivity index (χ1n) is 6.11. The molecule has 1 aromatic carbocycles. The second kappa shape index (κ2) is 4.97. The monoisotopic (exact) mass is 253 g/mol. The van der Waals surface area contributed by atoms with Gasteiger partial charge in [-0.25, -0.2) is 0 Å². The summed E-state index contributed by atoms with van der Waals surface area (Å²) in [5, 5.41) is 10.2. The van der Waals surface area contributed by atoms with Crippen molar-refractivity contribution in [2.45, 2.75) is 26.8 Å². The van der Waals surface area contributed by atoms with Gasteiger partial charge in [0.2, 0.25) is 0 Å². The van der Waals surface area contributed by atoms with E-state index in [1.807, 2.05) is 13.0 Å². The van der Waals surface area contributed by atoms with E-state index >= 15 is 0 Å². The highest BCUT2D eigenvalue weighted by atomic mass is 35.5. The van der Waals surface area contributed by atoms with Crippen LogP contribution in [0.15, 0.2) is 18.2 Å². The quantitative estimate of drug-likeness (QED) is 0.896. The van der Waals surface area contributed by atoms with Gasteiger partial charge in [0.1, 0.15) is 0 Å². The zero-order chi connectivity index (χ0) is 12.5. The summed E-state index contributed by atoms with van der Waals surface area (Å²) >= 11 is 6.12. The number of aliphatic hydroxyl groups is 1. The first-order chi connectivity index (χ1) is 8.02. The number of benzene rings is 1. The fourth-order valence-corrected chi connectivity index (χ4v) is 2.59. The molecule has 1 saturated heterocycles. The Morgan fingerprint density at radius 3 is 2.82 bits per heavy atom. The fourth-order valence-electron chi connectivity index (χ4n) is 2.38. The Morgan fingerprint density at radius 2 is 2.24 bits per heavy atom. The molecule has 1 N–H and O–H groups in total. The molecule has 0 radical (unpaired) electrons. The van der Waals surface area contributed by atoms with Crippen molar-refractivity contribution >= 4 is 11.6 Å². The van der Waals surface area contributed by atoms with Gasteiger partial charge in [-0.1, -0.05) is 30.7 Å². The summed E-state index contributed by atoms with van der Waals surface area (Å²) in [5.74, 6) is 0. The summed E-state index contributed by atoms with van der Waals surface area (Å²) in [6.45, 7) is 7.39. The van der Waals surface area contributed by atoms with Crippen LogP contribution in [0.1, 0.15) is 24.5 Å². The van der Waals surface area contributed by atoms with Crippen molar-refractivity contribution in [1.82, 2.24) is 4.90 Å². The lowest BCUT2D eigenvalue weighted by Gasteiger charge is -2.22. The minimum Gasteiger partial charge on any atom is -0.396 e. The summed E-state index contributed by atoms with van der Waals surface area (Å²) < 4.78 is 0. The lowest BCUT2D eigenvalue weighted by Crippen LogP contribution is -2.27. The maximum atomic E-state index is 9.34. The van der Waals surface area contributed by atoms with Gasteiger partial charge < -0.3 is 5.11 Å². The van der Waals surface area contributed by atoms with Gasteiger partial charge >= 0.3 is 0 Å². The van der Waals surface area contributed by atoms with Crippen molar-refractivity contribution in [1.29, 1.82) is 0 Å². The van der Waals surface area contributed by atoms with Crippen LogP contribution < -0.4 is 0 Å². The molecule has 0 saturated carbocycles. The van der Waals surface area contributed by atoms with Gasteiger partial charge in [0, 0.05) is 30.1 Å². The van der Waals surface area contributed by atoms with Crippen LogP contribution in [0, 0.1) is 12.3 Å². The number of aliphatic hydroxyl groups excluding tert-OH is 1. The van der Waals surface area contributed by atoms with Crippen LogP contribution in [-0.2, 0) is 6.54 Å². The van der Waals surface area contributed by atoms with Crippen molar-refractivity contribution in [3.63, 3.8) is 0 Å². The molecular weight excluding hydrogens is 234 g/mol. The minimum absolute atomic E-state index is 0.0779. The van der Waals surface area contributed by atoms with Crippen LogP contribution in [0.3, 0.4) is 0 Å². The molecule has 1 fully saturated rings. The van der Waals surface area contributed by atoms with Gasteiger partial charge in [0.15, 0.2) is 0 Å². The molecule has 0 unspecified atom stereocenters. The van der Waals surface area contributed by atoms with Crippen LogP contribution in [0.5, 0.6) is 0 Å². The molecule has 0 spiro atoms. The van der Waals surface area contributed by atoms with Crippen molar-refractivity contribution < 1.29 is 5.11 Å². The molecule has 17 heavy (non-hydrogen) atoms. The van der Waals surface area contributed by atoms with Crippen LogP contribution in [0.4, 0.5) is 0 Å². The Bertz CT molecular complexity index is 407. The van der Waals surface area contributed by atoms with Gasteiger partial charge in [-0.05, 0) is 37.1 Å². The number of aryl methyl sites for hydroxylation is 1. The Labute approximate surface area is 108 Å². The average Bonchev–Trinajstić information content (AvgIpc) is 2.67. The average molecular weight is 254 g/mol. The molecule has 94 valence electrons. The summed E-state index contributed by atoms with van der Waals surface area (Å²) in [6, 6.07) is 6.25. The predicted molar refractivity (Wildman–Crippen MR) is 71.3 cm³/mol. The Hall–Kier alpha value is -0.570. The number of halogens is 1. The third-order valence-electron chi connectivity index (χ3n) is 3.66. The largest absolute Gasteiger partial charge is 0.396 e. The highest BCUT2D eigenvalue weighted by molar-refractivity contribution is 6.31. The van der Waals surface area contributed by atoms with E-state index in [0.717, 1.165) is 36.6 Å². The minimum atomic E-state index is 0.0779. The summed E-state index contributed by atoms with van der Waals surface area (Å²) in [4.78, 5) is 2.39. The van der Waals surface area contributed by atoms with Crippen molar-refractivity contribution in [2.75, 3.05) is 19.7 Å². The van der Waals surface area contributed by atoms with Gasteiger partial charge in [-0.3, -0.25) is 4.90 Å². The second-order valence-corrected chi connectivity index (χ2v) is 5.92. The third-order valence-corrected chi connectivity index (χ3v) is 4.07. The molecule has 1 atom stereocenters. The summed E-state index contributed by atoms with van der Waals surface area (Å²) in [6.07, 6.45) is 1.07. The molecule has 3 heteroatoms. The first-order valence-corrected chi connectivity index (χ1v) is 6.48. The number of rotatable bonds is 3. The zero-order valence-corrected chi connectivity index (χ0v) is 11.3. The maximum Gasteiger partial charge on any atom is 0.0497 e. The lowest BCUT2D eigenvalue weighted by atomic mass is 9.91. The molecule has 0 bridgehead atoms. The molecule has 1 aliphatic heterocycles. The van der Waals surface area contributed by atoms with E-state index in [9.17, 15) is 5.11 Å². The molecule has 1 aliphatic rings. The van der Waals surface area contributed by atoms with Crippen molar-refractivity contribution in [3.8, 4) is 0 Å². The predicted octanol–water partition coefficient (Wildman–Crippen LogP) is 2.85. The van der Waals surface area contributed by atoms with E-state index < -0.39 is 0 Å². The zero-order valence-electron chi connectivity index (χ0n) is 10.5. The van der Waals surface area contributed by atoms with Gasteiger partial charge in [-0.2, -0.15) is 0 Å². The second-order valence-electron chi connectivity index (χ2n) is 5.51. The lowest BCUT2D eigenvalue weighted by molar-refractivity contribution is 0.144. The van der Waals surface area contributed by atoms with Crippen molar-refractivity contribution in [3.05, 3.63) is 34.3 Å². The third kappa shape index (κ3) is 3.01. The molecule has 1 heterocycles. The normalized spacial score (nSPS) is 25.4. The molecule has 0 aliphatic carbocycles. The maximum absolute atomic E-state index is 9.34. The standard InChI is InChI=1S/C14H20ClNO/c1-11-3-4-12(7-13(11)15)8-16-6-5-14(2,9-16)10-17/h3-4,7,17H,5-6,8-10H2,1-2H3/t14-/m0/s1. The molecule has 0 aromatic heterocycles. The number of likely N-dealkylation sites (tertiary alicyclic amines) is 1. The smallest absolute Gasteiger partial charge is 0.0497 e. The van der Waals surface area contributed by atoms with Crippen LogP contribution in [-0.4, -0.2) is 29.7 Å². The number of nitrogens with zero attached hydrogens (tertiary/aromatic N) is 1.